The normalized spacial score (nSPS) is 17.5. The van der Waals surface area contributed by atoms with Gasteiger partial charge >= 0.3 is 238 Å². The Hall–Kier alpha value is -6.86. The van der Waals surface area contributed by atoms with Gasteiger partial charge in [0.15, 0.2) is 0 Å². The predicted molar refractivity (Wildman–Crippen MR) is 243 cm³/mol. The van der Waals surface area contributed by atoms with E-state index in [1.54, 1.807) is 0 Å². The SMILES string of the molecule is O=C(/C=C\C(=O)OCC(O)CC(F)(F)C(F)(F)C(F)(F)C(F)(F)C(F)(F)C(F)(F)C(F)(F)C(F)(F)C(F)(F)C(F)(F)C(F)(F)C(F)(F)C(F)(F)C(F)(F)C(F)(F)C(F)(F)C(F)(F)C(F)(F)C(F)(F)F)OCC(O)CC(F)(F)C(F)(F)C(F)(F)C(F)(F)C(F)(F)C(F)(F)C(F)(F)C(F)(F)C(F)(F)C(F)(F)C(F)(F)C(F)(F)C(F)(F)C(F)(F)C(F)(F)C(F)(F)C(F)(F)C(F)(F)C(F)(F)F. The second-order valence-corrected chi connectivity index (χ2v) is 25.2. The molecule has 0 aliphatic heterocycles. The minimum atomic E-state index is -10.9. The molecule has 0 fully saturated rings. The van der Waals surface area contributed by atoms with E-state index in [4.69, 9.17) is 0 Å². The van der Waals surface area contributed by atoms with Crippen LogP contribution in [-0.2, 0) is 19.1 Å². The number of halogens is 78. The van der Waals surface area contributed by atoms with Crippen LogP contribution in [0.1, 0.15) is 12.8 Å². The van der Waals surface area contributed by atoms with Crippen molar-refractivity contribution in [3.8, 4) is 0 Å². The van der Waals surface area contributed by atoms with Gasteiger partial charge < -0.3 is 19.7 Å². The van der Waals surface area contributed by atoms with Gasteiger partial charge in [-0.15, -0.1) is 0 Å². The Morgan fingerprint density at radius 2 is 0.242 bits per heavy atom. The molecule has 2 unspecified atom stereocenters. The van der Waals surface area contributed by atoms with Crippen LogP contribution < -0.4 is 0 Å². The molecule has 0 aromatic rings. The summed E-state index contributed by atoms with van der Waals surface area (Å²) in [6.45, 7) is -6.09. The fourth-order valence-corrected chi connectivity index (χ4v) is 8.29. The summed E-state index contributed by atoms with van der Waals surface area (Å²) in [5.74, 6) is -375. The van der Waals surface area contributed by atoms with Crippen molar-refractivity contribution < 1.29 is 372 Å². The maximum atomic E-state index is 14.4. The number of alkyl halides is 78. The Bertz CT molecular complexity index is 3840. The van der Waals surface area contributed by atoms with Crippen LogP contribution >= 0.6 is 0 Å². The van der Waals surface area contributed by atoms with Crippen molar-refractivity contribution in [3.05, 3.63) is 12.2 Å². The van der Waals surface area contributed by atoms with E-state index in [0.29, 0.717) is 0 Å². The molecule has 0 aliphatic carbocycles. The highest BCUT2D eigenvalue weighted by molar-refractivity contribution is 5.91. The average molecular weight is 2170 g/mol. The molecule has 788 valence electrons. The van der Waals surface area contributed by atoms with Crippen LogP contribution in [0.25, 0.3) is 0 Å². The first-order valence-electron chi connectivity index (χ1n) is 28.9. The molecule has 0 spiro atoms. The molecule has 2 N–H and O–H groups in total. The van der Waals surface area contributed by atoms with E-state index < -0.39 is 288 Å². The third-order valence-electron chi connectivity index (χ3n) is 16.4. The molecule has 132 heavy (non-hydrogen) atoms. The standard InChI is InChI=1S/C48H14F78O6/c49-11(50,13(53,54)15(57,58)17(61,62)19(65,66)21(69,70)23(73,74)25(77,78)27(81,82)29(85,86)31(89,90)33(93,94)35(97,98)37(101,102)39(105,106)41(109,110)43(113,114)45(117,118)47(121,122)123)3-7(127)5-131-9(129)1-2-10(130)132-6-8(128)4-12(51,52)14(55,56)16(59,60)18(63,64)20(67,68)22(71,72)24(75,76)26(79,80)28(83,84)30(87,88)32(91,92)34(95,96)36(99,100)38(103,104)40(107,108)42(111,112)44(115,116)46(119,120)48(124,125)126/h1-2,7-8,127-128H,3-6H2/b2-1-. The zero-order chi connectivity index (χ0) is 109. The quantitative estimate of drug-likeness (QED) is 0.0359. The molecule has 0 aromatic heterocycles. The highest BCUT2D eigenvalue weighted by Gasteiger charge is 3.07. The number of rotatable bonds is 44. The van der Waals surface area contributed by atoms with E-state index in [1.165, 1.54) is 0 Å². The van der Waals surface area contributed by atoms with Crippen LogP contribution in [0.3, 0.4) is 0 Å². The number of aliphatic hydroxyl groups excluding tert-OH is 2. The smallest absolute Gasteiger partial charge is 0.460 e. The van der Waals surface area contributed by atoms with Crippen molar-refractivity contribution in [2.45, 2.75) is 251 Å². The van der Waals surface area contributed by atoms with Crippen molar-refractivity contribution in [2.75, 3.05) is 13.2 Å². The summed E-state index contributed by atoms with van der Waals surface area (Å²) in [7, 11) is 0. The molecule has 0 saturated heterocycles. The zero-order valence-corrected chi connectivity index (χ0v) is 57.1. The topological polar surface area (TPSA) is 93.1 Å². The minimum Gasteiger partial charge on any atom is -0.460 e. The maximum Gasteiger partial charge on any atom is 0.460 e. The molecule has 0 aromatic carbocycles. The number of carbonyl (C=O) groups excluding carboxylic acids is 2. The van der Waals surface area contributed by atoms with Crippen LogP contribution in [0, 0.1) is 0 Å². The molecule has 0 radical (unpaired) electrons. The first-order valence-corrected chi connectivity index (χ1v) is 28.9. The van der Waals surface area contributed by atoms with Crippen LogP contribution in [0.2, 0.25) is 0 Å². The lowest BCUT2D eigenvalue weighted by molar-refractivity contribution is -0.494. The van der Waals surface area contributed by atoms with E-state index in [-0.39, 0.29) is 0 Å². The molecule has 0 aliphatic rings. The molecule has 0 heterocycles. The van der Waals surface area contributed by atoms with Crippen LogP contribution in [-0.4, -0.2) is 273 Å². The highest BCUT2D eigenvalue weighted by atomic mass is 19.5. The molecule has 0 saturated carbocycles. The Morgan fingerprint density at radius 1 is 0.159 bits per heavy atom. The van der Waals surface area contributed by atoms with Crippen molar-refractivity contribution in [2.24, 2.45) is 0 Å². The summed E-state index contributed by atoms with van der Waals surface area (Å²) < 4.78 is 1100. The second-order valence-electron chi connectivity index (χ2n) is 25.2. The lowest BCUT2D eigenvalue weighted by Gasteiger charge is -2.47. The third-order valence-corrected chi connectivity index (χ3v) is 16.4. The molecule has 0 bridgehead atoms. The van der Waals surface area contributed by atoms with Crippen LogP contribution in [0.15, 0.2) is 12.2 Å². The van der Waals surface area contributed by atoms with Crippen molar-refractivity contribution in [3.63, 3.8) is 0 Å². The van der Waals surface area contributed by atoms with E-state index in [1.807, 2.05) is 0 Å². The van der Waals surface area contributed by atoms with Crippen molar-refractivity contribution in [1.29, 1.82) is 0 Å². The number of hydrogen-bond acceptors (Lipinski definition) is 6. The lowest BCUT2D eigenvalue weighted by atomic mass is 9.82. The monoisotopic (exact) mass is 2170 g/mol. The van der Waals surface area contributed by atoms with Gasteiger partial charge in [0.1, 0.15) is 13.2 Å². The molecular formula is C48H14F78O6. The van der Waals surface area contributed by atoms with Gasteiger partial charge in [-0.25, -0.2) is 9.59 Å². The van der Waals surface area contributed by atoms with Gasteiger partial charge in [-0.2, -0.15) is 342 Å². The van der Waals surface area contributed by atoms with Gasteiger partial charge in [-0.3, -0.25) is 0 Å². The van der Waals surface area contributed by atoms with Gasteiger partial charge in [-0.05, 0) is 0 Å². The number of carbonyl (C=O) groups is 2. The molecular weight excluding hydrogens is 2150 g/mol. The second kappa shape index (κ2) is 32.4. The molecule has 2 atom stereocenters. The summed E-state index contributed by atoms with van der Waals surface area (Å²) in [5, 5.41) is 18.7. The first kappa shape index (κ1) is 125. The van der Waals surface area contributed by atoms with Gasteiger partial charge in [0.25, 0.3) is 0 Å². The summed E-state index contributed by atoms with van der Waals surface area (Å²) in [4.78, 5) is 23.4. The number of hydrogen-bond donors (Lipinski definition) is 2. The number of esters is 2. The van der Waals surface area contributed by atoms with Gasteiger partial charge in [0.2, 0.25) is 0 Å². The Balaban J connectivity index is 7.21. The van der Waals surface area contributed by atoms with E-state index in [2.05, 4.69) is 9.47 Å². The number of aliphatic hydroxyl groups is 2. The van der Waals surface area contributed by atoms with Gasteiger partial charge in [-0.1, -0.05) is 0 Å². The minimum absolute atomic E-state index is 1.06. The fraction of sp³-hybridized carbons (Fsp3) is 0.917. The largest absolute Gasteiger partial charge is 0.460 e. The molecule has 84 heteroatoms. The maximum absolute atomic E-state index is 14.4. The van der Waals surface area contributed by atoms with Gasteiger partial charge in [0, 0.05) is 25.0 Å². The third kappa shape index (κ3) is 15.7. The lowest BCUT2D eigenvalue weighted by Crippen LogP contribution is -2.80. The Kier molecular flexibility index (Phi) is 30.7. The van der Waals surface area contributed by atoms with Crippen LogP contribution in [0.5, 0.6) is 0 Å². The van der Waals surface area contributed by atoms with Crippen LogP contribution in [0.4, 0.5) is 342 Å². The Morgan fingerprint density at radius 3 is 0.333 bits per heavy atom. The highest BCUT2D eigenvalue weighted by Crippen LogP contribution is 2.76. The van der Waals surface area contributed by atoms with Crippen molar-refractivity contribution in [1.82, 2.24) is 0 Å². The van der Waals surface area contributed by atoms with E-state index in [0.717, 1.165) is 0 Å². The molecule has 0 rings (SSSR count). The summed E-state index contributed by atoms with van der Waals surface area (Å²) in [6, 6.07) is 0. The summed E-state index contributed by atoms with van der Waals surface area (Å²) >= 11 is 0. The zero-order valence-electron chi connectivity index (χ0n) is 57.1. The molecule has 0 amide bonds. The predicted octanol–water partition coefficient (Wildman–Crippen LogP) is 24.1. The van der Waals surface area contributed by atoms with E-state index >= 15 is 0 Å². The fourth-order valence-electron chi connectivity index (χ4n) is 8.29. The molecule has 6 nitrogen and oxygen atoms in total. The average Bonchev–Trinajstić information content (AvgIpc) is 0.673. The van der Waals surface area contributed by atoms with Gasteiger partial charge in [0.05, 0.1) is 12.2 Å². The Labute approximate surface area is 660 Å². The van der Waals surface area contributed by atoms with E-state index in [9.17, 15) is 362 Å². The summed E-state index contributed by atoms with van der Waals surface area (Å²) in [6.07, 6.45) is -37.1. The number of ether oxygens (including phenoxy) is 2. The summed E-state index contributed by atoms with van der Waals surface area (Å²) in [5.41, 5.74) is 0. The first-order chi connectivity index (χ1) is 55.8. The van der Waals surface area contributed by atoms with Crippen molar-refractivity contribution >= 4 is 11.9 Å².